The molecule has 2 amide bonds. The average molecular weight is 400 g/mol. The fraction of sp³-hybridized carbons (Fsp3) is 0.652. The molecule has 0 bridgehead atoms. The number of rotatable bonds is 6. The first-order chi connectivity index (χ1) is 13.9. The second-order valence-corrected chi connectivity index (χ2v) is 9.12. The number of likely N-dealkylation sites (tertiary alicyclic amines) is 1. The molecule has 2 spiro atoms. The van der Waals surface area contributed by atoms with Crippen molar-refractivity contribution in [2.24, 2.45) is 0 Å². The summed E-state index contributed by atoms with van der Waals surface area (Å²) in [5.74, 6) is 0.167. The summed E-state index contributed by atoms with van der Waals surface area (Å²) in [6.45, 7) is 4.19. The molecule has 3 aliphatic rings. The van der Waals surface area contributed by atoms with Gasteiger partial charge in [-0.25, -0.2) is 0 Å². The molecule has 2 saturated heterocycles. The molecular formula is C23H33N3O3. The molecule has 2 aliphatic heterocycles. The topological polar surface area (TPSA) is 53.1 Å². The maximum Gasteiger partial charge on any atom is 0.254 e. The number of piperidine rings is 1. The van der Waals surface area contributed by atoms with Crippen LogP contribution in [0.2, 0.25) is 0 Å². The van der Waals surface area contributed by atoms with Crippen molar-refractivity contribution in [1.82, 2.24) is 14.7 Å². The van der Waals surface area contributed by atoms with Crippen LogP contribution in [0.3, 0.4) is 0 Å². The monoisotopic (exact) mass is 399 g/mol. The normalized spacial score (nSPS) is 22.8. The fourth-order valence-electron chi connectivity index (χ4n) is 4.64. The molecule has 0 radical (unpaired) electrons. The van der Waals surface area contributed by atoms with Crippen LogP contribution in [0, 0.1) is 0 Å². The lowest BCUT2D eigenvalue weighted by Crippen LogP contribution is -2.63. The molecule has 2 heterocycles. The van der Waals surface area contributed by atoms with E-state index in [1.165, 1.54) is 5.56 Å². The molecule has 0 atom stereocenters. The van der Waals surface area contributed by atoms with Crippen molar-refractivity contribution in [1.29, 1.82) is 0 Å². The number of ether oxygens (including phenoxy) is 1. The Hall–Kier alpha value is -1.92. The van der Waals surface area contributed by atoms with Crippen LogP contribution in [0.4, 0.5) is 0 Å². The minimum Gasteiger partial charge on any atom is -0.357 e. The van der Waals surface area contributed by atoms with Crippen molar-refractivity contribution in [3.8, 4) is 0 Å². The van der Waals surface area contributed by atoms with E-state index in [4.69, 9.17) is 4.74 Å². The number of hydrogen-bond acceptors (Lipinski definition) is 4. The van der Waals surface area contributed by atoms with Gasteiger partial charge in [0.15, 0.2) is 0 Å². The van der Waals surface area contributed by atoms with E-state index < -0.39 is 5.60 Å². The van der Waals surface area contributed by atoms with Crippen molar-refractivity contribution in [2.75, 3.05) is 46.8 Å². The zero-order chi connectivity index (χ0) is 20.5. The van der Waals surface area contributed by atoms with E-state index in [0.717, 1.165) is 51.7 Å². The lowest BCUT2D eigenvalue weighted by atomic mass is 9.87. The lowest BCUT2D eigenvalue weighted by molar-refractivity contribution is -0.200. The molecule has 6 nitrogen and oxygen atoms in total. The summed E-state index contributed by atoms with van der Waals surface area (Å²) in [7, 11) is 3.52. The fourth-order valence-corrected chi connectivity index (χ4v) is 4.64. The molecule has 1 aromatic rings. The van der Waals surface area contributed by atoms with E-state index in [-0.39, 0.29) is 17.4 Å². The molecule has 0 N–H and O–H groups in total. The molecule has 158 valence electrons. The number of amides is 2. The molecule has 0 unspecified atom stereocenters. The highest BCUT2D eigenvalue weighted by Crippen LogP contribution is 2.49. The third kappa shape index (κ3) is 4.48. The highest BCUT2D eigenvalue weighted by atomic mass is 16.5. The summed E-state index contributed by atoms with van der Waals surface area (Å²) in [4.78, 5) is 30.9. The zero-order valence-corrected chi connectivity index (χ0v) is 17.7. The van der Waals surface area contributed by atoms with Gasteiger partial charge in [0.05, 0.1) is 5.60 Å². The number of carbonyl (C=O) groups excluding carboxylic acids is 2. The summed E-state index contributed by atoms with van der Waals surface area (Å²) in [5.41, 5.74) is 0.543. The molecule has 1 saturated carbocycles. The Morgan fingerprint density at radius 3 is 2.38 bits per heavy atom. The van der Waals surface area contributed by atoms with Gasteiger partial charge < -0.3 is 19.4 Å². The van der Waals surface area contributed by atoms with Crippen molar-refractivity contribution in [3.05, 3.63) is 35.9 Å². The number of hydrogen-bond donors (Lipinski definition) is 0. The predicted molar refractivity (Wildman–Crippen MR) is 111 cm³/mol. The van der Waals surface area contributed by atoms with E-state index in [0.29, 0.717) is 19.5 Å². The molecular weight excluding hydrogens is 366 g/mol. The van der Waals surface area contributed by atoms with Crippen LogP contribution < -0.4 is 0 Å². The molecule has 4 rings (SSSR count). The quantitative estimate of drug-likeness (QED) is 0.734. The molecule has 6 heteroatoms. The van der Waals surface area contributed by atoms with Gasteiger partial charge in [0, 0.05) is 53.2 Å². The number of morpholine rings is 1. The van der Waals surface area contributed by atoms with Gasteiger partial charge in [-0.15, -0.1) is 0 Å². The van der Waals surface area contributed by atoms with Gasteiger partial charge in [-0.1, -0.05) is 30.3 Å². The van der Waals surface area contributed by atoms with E-state index >= 15 is 0 Å². The van der Waals surface area contributed by atoms with Crippen LogP contribution in [0.1, 0.15) is 37.7 Å². The van der Waals surface area contributed by atoms with Gasteiger partial charge in [-0.2, -0.15) is 0 Å². The third-order valence-electron chi connectivity index (χ3n) is 6.69. The first-order valence-corrected chi connectivity index (χ1v) is 10.9. The Morgan fingerprint density at radius 2 is 1.76 bits per heavy atom. The minimum atomic E-state index is -0.592. The van der Waals surface area contributed by atoms with Crippen LogP contribution in [0.25, 0.3) is 0 Å². The first kappa shape index (κ1) is 20.4. The highest BCUT2D eigenvalue weighted by molar-refractivity contribution is 5.89. The van der Waals surface area contributed by atoms with Crippen molar-refractivity contribution < 1.29 is 14.3 Å². The summed E-state index contributed by atoms with van der Waals surface area (Å²) >= 11 is 0. The SMILES string of the molecule is CN(C)C(=O)CCN1CC2(CCN(CCc3ccccc3)CC2)OC2(CC2)C1=O. The van der Waals surface area contributed by atoms with Gasteiger partial charge in [0.1, 0.15) is 5.60 Å². The van der Waals surface area contributed by atoms with Gasteiger partial charge in [0.25, 0.3) is 5.91 Å². The van der Waals surface area contributed by atoms with Gasteiger partial charge in [-0.3, -0.25) is 9.59 Å². The van der Waals surface area contributed by atoms with Gasteiger partial charge >= 0.3 is 0 Å². The van der Waals surface area contributed by atoms with E-state index in [1.807, 2.05) is 4.90 Å². The Balaban J connectivity index is 1.34. The van der Waals surface area contributed by atoms with Crippen LogP contribution in [0.15, 0.2) is 30.3 Å². The Labute approximate surface area is 173 Å². The van der Waals surface area contributed by atoms with Gasteiger partial charge in [0.2, 0.25) is 5.91 Å². The highest BCUT2D eigenvalue weighted by Gasteiger charge is 2.61. The van der Waals surface area contributed by atoms with E-state index in [2.05, 4.69) is 35.2 Å². The van der Waals surface area contributed by atoms with Crippen LogP contribution in [-0.4, -0.2) is 84.5 Å². The number of benzene rings is 1. The van der Waals surface area contributed by atoms with Crippen LogP contribution in [-0.2, 0) is 20.7 Å². The Bertz CT molecular complexity index is 737. The largest absolute Gasteiger partial charge is 0.357 e. The minimum absolute atomic E-state index is 0.0684. The summed E-state index contributed by atoms with van der Waals surface area (Å²) in [6.07, 6.45) is 5.00. The second-order valence-electron chi connectivity index (χ2n) is 9.12. The number of carbonyl (C=O) groups is 2. The average Bonchev–Trinajstić information content (AvgIpc) is 3.50. The van der Waals surface area contributed by atoms with Crippen LogP contribution in [0.5, 0.6) is 0 Å². The van der Waals surface area contributed by atoms with E-state index in [1.54, 1.807) is 19.0 Å². The predicted octanol–water partition coefficient (Wildman–Crippen LogP) is 1.93. The van der Waals surface area contributed by atoms with Crippen molar-refractivity contribution in [2.45, 2.75) is 49.7 Å². The molecule has 0 aromatic heterocycles. The molecule has 3 fully saturated rings. The molecule has 29 heavy (non-hydrogen) atoms. The van der Waals surface area contributed by atoms with Crippen molar-refractivity contribution >= 4 is 11.8 Å². The second kappa shape index (κ2) is 8.07. The summed E-state index contributed by atoms with van der Waals surface area (Å²) in [6, 6.07) is 10.6. The third-order valence-corrected chi connectivity index (χ3v) is 6.69. The summed E-state index contributed by atoms with van der Waals surface area (Å²) < 4.78 is 6.51. The lowest BCUT2D eigenvalue weighted by Gasteiger charge is -2.50. The summed E-state index contributed by atoms with van der Waals surface area (Å²) in [5, 5.41) is 0. The Morgan fingerprint density at radius 1 is 1.07 bits per heavy atom. The van der Waals surface area contributed by atoms with Crippen molar-refractivity contribution in [3.63, 3.8) is 0 Å². The number of nitrogens with zero attached hydrogens (tertiary/aromatic N) is 3. The van der Waals surface area contributed by atoms with E-state index in [9.17, 15) is 9.59 Å². The zero-order valence-electron chi connectivity index (χ0n) is 17.7. The van der Waals surface area contributed by atoms with Crippen LogP contribution >= 0.6 is 0 Å². The maximum atomic E-state index is 12.9. The Kier molecular flexibility index (Phi) is 5.67. The smallest absolute Gasteiger partial charge is 0.254 e. The molecule has 1 aliphatic carbocycles. The molecule has 1 aromatic carbocycles. The van der Waals surface area contributed by atoms with Gasteiger partial charge in [-0.05, 0) is 37.7 Å². The standard InChI is InChI=1S/C23H33N3O3/c1-24(2)20(27)9-15-26-18-22(29-23(10-11-23)21(26)28)12-16-25(17-13-22)14-8-19-6-4-3-5-7-19/h3-7H,8-18H2,1-2H3. The first-order valence-electron chi connectivity index (χ1n) is 10.9. The maximum absolute atomic E-state index is 12.9.